The standard InChI is InChI=1S/C31H52N2O5/c1-7-17-26(33-30(37)38-31(4,5)6)29(36)32-25(28(35)27(34)22-23(2)3)21-16-11-9-8-10-13-18-24-19-14-12-15-20-24/h7,12,14-15,19-20,23,25-28,34-35H,1,8-11,13,16-18,21-22H2,2-6H3,(H,32,36)(H,33,37)/t25-,26-,27-,28+/m0/s1. The van der Waals surface area contributed by atoms with E-state index in [1.165, 1.54) is 12.0 Å². The van der Waals surface area contributed by atoms with Crippen LogP contribution in [-0.4, -0.2) is 52.1 Å². The van der Waals surface area contributed by atoms with Gasteiger partial charge in [-0.15, -0.1) is 6.58 Å². The van der Waals surface area contributed by atoms with Gasteiger partial charge in [-0.1, -0.05) is 82.4 Å². The molecule has 0 radical (unpaired) electrons. The molecule has 38 heavy (non-hydrogen) atoms. The molecule has 7 nitrogen and oxygen atoms in total. The zero-order valence-electron chi connectivity index (χ0n) is 24.2. The van der Waals surface area contributed by atoms with E-state index in [0.29, 0.717) is 12.8 Å². The number of unbranched alkanes of at least 4 members (excludes halogenated alkanes) is 5. The van der Waals surface area contributed by atoms with Crippen LogP contribution in [0.3, 0.4) is 0 Å². The summed E-state index contributed by atoms with van der Waals surface area (Å²) in [4.78, 5) is 25.4. The highest BCUT2D eigenvalue weighted by molar-refractivity contribution is 5.86. The molecule has 0 aromatic heterocycles. The molecule has 0 fully saturated rings. The predicted molar refractivity (Wildman–Crippen MR) is 154 cm³/mol. The molecule has 0 aliphatic rings. The summed E-state index contributed by atoms with van der Waals surface area (Å²) in [5.74, 6) is -0.230. The molecule has 0 aliphatic heterocycles. The fourth-order valence-corrected chi connectivity index (χ4v) is 4.40. The normalized spacial score (nSPS) is 14.8. The molecule has 1 aromatic carbocycles. The van der Waals surface area contributed by atoms with Gasteiger partial charge in [-0.3, -0.25) is 4.79 Å². The van der Waals surface area contributed by atoms with Crippen LogP contribution in [-0.2, 0) is 16.0 Å². The minimum atomic E-state index is -1.10. The first kappa shape index (κ1) is 33.6. The van der Waals surface area contributed by atoms with Crippen molar-refractivity contribution in [2.24, 2.45) is 5.92 Å². The number of hydrogen-bond acceptors (Lipinski definition) is 5. The second-order valence-electron chi connectivity index (χ2n) is 11.7. The smallest absolute Gasteiger partial charge is 0.408 e. The highest BCUT2D eigenvalue weighted by Gasteiger charge is 2.31. The Morgan fingerprint density at radius 1 is 0.974 bits per heavy atom. The molecular formula is C31H52N2O5. The van der Waals surface area contributed by atoms with Crippen molar-refractivity contribution >= 4 is 12.0 Å². The van der Waals surface area contributed by atoms with Crippen LogP contribution < -0.4 is 10.6 Å². The van der Waals surface area contributed by atoms with E-state index < -0.39 is 41.9 Å². The van der Waals surface area contributed by atoms with Crippen LogP contribution in [0, 0.1) is 5.92 Å². The Labute approximate surface area is 230 Å². The van der Waals surface area contributed by atoms with Crippen LogP contribution in [0.15, 0.2) is 43.0 Å². The molecule has 1 aromatic rings. The number of aryl methyl sites for hydroxylation is 1. The van der Waals surface area contributed by atoms with E-state index in [2.05, 4.69) is 41.5 Å². The Morgan fingerprint density at radius 2 is 1.58 bits per heavy atom. The molecule has 0 heterocycles. The SMILES string of the molecule is C=CC[C@H](NC(=O)OC(C)(C)C)C(=O)N[C@@H](CCCCCCCCc1ccccc1)[C@@H](O)[C@@H](O)CC(C)C. The molecule has 2 amide bonds. The summed E-state index contributed by atoms with van der Waals surface area (Å²) in [6, 6.07) is 9.00. The number of amides is 2. The average molecular weight is 533 g/mol. The van der Waals surface area contributed by atoms with Crippen LogP contribution >= 0.6 is 0 Å². The fourth-order valence-electron chi connectivity index (χ4n) is 4.40. The van der Waals surface area contributed by atoms with Gasteiger partial charge in [-0.25, -0.2) is 4.79 Å². The zero-order valence-corrected chi connectivity index (χ0v) is 24.2. The molecule has 4 N–H and O–H groups in total. The molecule has 216 valence electrons. The lowest BCUT2D eigenvalue weighted by molar-refractivity contribution is -0.125. The van der Waals surface area contributed by atoms with E-state index in [1.54, 1.807) is 26.8 Å². The molecule has 1 rings (SSSR count). The Bertz CT molecular complexity index is 806. The lowest BCUT2D eigenvalue weighted by atomic mass is 9.93. The second-order valence-corrected chi connectivity index (χ2v) is 11.7. The van der Waals surface area contributed by atoms with Gasteiger partial charge in [0.1, 0.15) is 11.6 Å². The summed E-state index contributed by atoms with van der Waals surface area (Å²) in [5.41, 5.74) is 0.677. The van der Waals surface area contributed by atoms with Gasteiger partial charge >= 0.3 is 6.09 Å². The van der Waals surface area contributed by atoms with Gasteiger partial charge in [-0.05, 0) is 64.4 Å². The maximum absolute atomic E-state index is 13.1. The maximum Gasteiger partial charge on any atom is 0.408 e. The molecule has 0 saturated carbocycles. The van der Waals surface area contributed by atoms with Gasteiger partial charge in [0.05, 0.1) is 18.2 Å². The Kier molecular flexibility index (Phi) is 15.9. The average Bonchev–Trinajstić information content (AvgIpc) is 2.83. The van der Waals surface area contributed by atoms with Crippen molar-refractivity contribution in [3.8, 4) is 0 Å². The molecule has 0 unspecified atom stereocenters. The number of alkyl carbamates (subject to hydrolysis) is 1. The quantitative estimate of drug-likeness (QED) is 0.144. The summed E-state index contributed by atoms with van der Waals surface area (Å²) >= 11 is 0. The van der Waals surface area contributed by atoms with Gasteiger partial charge < -0.3 is 25.6 Å². The van der Waals surface area contributed by atoms with Gasteiger partial charge in [0.25, 0.3) is 0 Å². The summed E-state index contributed by atoms with van der Waals surface area (Å²) < 4.78 is 5.29. The number of aliphatic hydroxyl groups excluding tert-OH is 2. The van der Waals surface area contributed by atoms with Crippen molar-refractivity contribution in [2.45, 2.75) is 129 Å². The molecule has 0 spiro atoms. The number of rotatable bonds is 18. The number of ether oxygens (including phenoxy) is 1. The van der Waals surface area contributed by atoms with E-state index >= 15 is 0 Å². The molecule has 0 bridgehead atoms. The van der Waals surface area contributed by atoms with E-state index in [-0.39, 0.29) is 12.3 Å². The molecule has 0 aliphatic carbocycles. The van der Waals surface area contributed by atoms with Crippen LogP contribution in [0.2, 0.25) is 0 Å². The van der Waals surface area contributed by atoms with E-state index in [1.807, 2.05) is 19.9 Å². The maximum atomic E-state index is 13.1. The third-order valence-electron chi connectivity index (χ3n) is 6.33. The van der Waals surface area contributed by atoms with Crippen molar-refractivity contribution < 1.29 is 24.5 Å². The molecule has 7 heteroatoms. The van der Waals surface area contributed by atoms with Gasteiger partial charge in [0.15, 0.2) is 0 Å². The number of benzene rings is 1. The summed E-state index contributed by atoms with van der Waals surface area (Å²) in [6.07, 6.45) is 7.46. The number of hydrogen-bond donors (Lipinski definition) is 4. The third-order valence-corrected chi connectivity index (χ3v) is 6.33. The summed E-state index contributed by atoms with van der Waals surface area (Å²) in [6.45, 7) is 12.9. The van der Waals surface area contributed by atoms with Crippen LogP contribution in [0.5, 0.6) is 0 Å². The first-order valence-corrected chi connectivity index (χ1v) is 14.2. The van der Waals surface area contributed by atoms with Crippen molar-refractivity contribution in [1.82, 2.24) is 10.6 Å². The minimum Gasteiger partial charge on any atom is -0.444 e. The van der Waals surface area contributed by atoms with Crippen LogP contribution in [0.25, 0.3) is 0 Å². The predicted octanol–water partition coefficient (Wildman–Crippen LogP) is 5.68. The highest BCUT2D eigenvalue weighted by Crippen LogP contribution is 2.17. The van der Waals surface area contributed by atoms with Crippen molar-refractivity contribution in [3.63, 3.8) is 0 Å². The van der Waals surface area contributed by atoms with Crippen LogP contribution in [0.4, 0.5) is 4.79 Å². The molecular weight excluding hydrogens is 480 g/mol. The number of nitrogens with one attached hydrogen (secondary N) is 2. The number of carbonyl (C=O) groups excluding carboxylic acids is 2. The molecule has 0 saturated heterocycles. The monoisotopic (exact) mass is 532 g/mol. The Hall–Kier alpha value is -2.38. The Balaban J connectivity index is 2.63. The van der Waals surface area contributed by atoms with Crippen molar-refractivity contribution in [2.75, 3.05) is 0 Å². The fraction of sp³-hybridized carbons (Fsp3) is 0.677. The van der Waals surface area contributed by atoms with Gasteiger partial charge in [0.2, 0.25) is 5.91 Å². The van der Waals surface area contributed by atoms with Gasteiger partial charge in [0, 0.05) is 0 Å². The first-order valence-electron chi connectivity index (χ1n) is 14.2. The largest absolute Gasteiger partial charge is 0.444 e. The number of aliphatic hydroxyl groups is 2. The van der Waals surface area contributed by atoms with Crippen molar-refractivity contribution in [3.05, 3.63) is 48.6 Å². The number of carbonyl (C=O) groups is 2. The minimum absolute atomic E-state index is 0.203. The van der Waals surface area contributed by atoms with Gasteiger partial charge in [-0.2, -0.15) is 0 Å². The lowest BCUT2D eigenvalue weighted by Gasteiger charge is -2.30. The summed E-state index contributed by atoms with van der Waals surface area (Å²) in [7, 11) is 0. The van der Waals surface area contributed by atoms with Crippen molar-refractivity contribution in [1.29, 1.82) is 0 Å². The van der Waals surface area contributed by atoms with E-state index in [0.717, 1.165) is 38.5 Å². The third kappa shape index (κ3) is 15.1. The second kappa shape index (κ2) is 18.0. The van der Waals surface area contributed by atoms with E-state index in [4.69, 9.17) is 4.74 Å². The topological polar surface area (TPSA) is 108 Å². The lowest BCUT2D eigenvalue weighted by Crippen LogP contribution is -2.55. The first-order chi connectivity index (χ1) is 17.9. The summed E-state index contributed by atoms with van der Waals surface area (Å²) in [5, 5.41) is 27.0. The zero-order chi connectivity index (χ0) is 28.6. The Morgan fingerprint density at radius 3 is 2.16 bits per heavy atom. The van der Waals surface area contributed by atoms with Crippen LogP contribution in [0.1, 0.15) is 98.0 Å². The highest BCUT2D eigenvalue weighted by atomic mass is 16.6. The van der Waals surface area contributed by atoms with E-state index in [9.17, 15) is 19.8 Å². The molecule has 4 atom stereocenters.